The molecule has 0 saturated heterocycles. The van der Waals surface area contributed by atoms with Crippen LogP contribution in [0.25, 0.3) is 0 Å². The van der Waals surface area contributed by atoms with Crippen molar-refractivity contribution in [2.24, 2.45) is 5.73 Å². The van der Waals surface area contributed by atoms with Gasteiger partial charge in [-0.2, -0.15) is 0 Å². The number of benzene rings is 2. The smallest absolute Gasteiger partial charge is 0.0101 e. The Morgan fingerprint density at radius 3 is 1.53 bits per heavy atom. The second-order valence-electron chi connectivity index (χ2n) is 3.95. The molecule has 0 aromatic heterocycles. The van der Waals surface area contributed by atoms with Crippen molar-refractivity contribution in [2.75, 3.05) is 6.54 Å². The molecular formula is C15H18ClN. The first-order valence-electron chi connectivity index (χ1n) is 5.72. The van der Waals surface area contributed by atoms with Crippen LogP contribution < -0.4 is 5.73 Å². The highest BCUT2D eigenvalue weighted by molar-refractivity contribution is 5.85. The van der Waals surface area contributed by atoms with E-state index >= 15 is 0 Å². The van der Waals surface area contributed by atoms with Gasteiger partial charge >= 0.3 is 0 Å². The molecule has 2 N–H and O–H groups in total. The molecule has 0 saturated carbocycles. The zero-order chi connectivity index (χ0) is 11.2. The average Bonchev–Trinajstić information content (AvgIpc) is 2.38. The SMILES string of the molecule is Cl.NCCC(c1ccccc1)c1ccccc1. The number of rotatable bonds is 4. The second kappa shape index (κ2) is 7.10. The lowest BCUT2D eigenvalue weighted by molar-refractivity contribution is 0.726. The summed E-state index contributed by atoms with van der Waals surface area (Å²) in [5.74, 6) is 0.424. The molecule has 2 aromatic rings. The highest BCUT2D eigenvalue weighted by atomic mass is 35.5. The van der Waals surface area contributed by atoms with Crippen molar-refractivity contribution in [3.8, 4) is 0 Å². The van der Waals surface area contributed by atoms with Crippen LogP contribution >= 0.6 is 12.4 Å². The molecule has 0 unspecified atom stereocenters. The van der Waals surface area contributed by atoms with Gasteiger partial charge in [0.2, 0.25) is 0 Å². The van der Waals surface area contributed by atoms with E-state index < -0.39 is 0 Å². The molecule has 0 aliphatic rings. The van der Waals surface area contributed by atoms with Gasteiger partial charge in [-0.3, -0.25) is 0 Å². The van der Waals surface area contributed by atoms with Gasteiger partial charge in [0.1, 0.15) is 0 Å². The molecule has 0 aliphatic heterocycles. The van der Waals surface area contributed by atoms with Gasteiger partial charge in [0.05, 0.1) is 0 Å². The molecular weight excluding hydrogens is 230 g/mol. The first-order valence-corrected chi connectivity index (χ1v) is 5.72. The van der Waals surface area contributed by atoms with Crippen LogP contribution in [-0.4, -0.2) is 6.54 Å². The summed E-state index contributed by atoms with van der Waals surface area (Å²) in [5.41, 5.74) is 8.40. The molecule has 0 heterocycles. The van der Waals surface area contributed by atoms with Gasteiger partial charge in [0.15, 0.2) is 0 Å². The van der Waals surface area contributed by atoms with E-state index in [4.69, 9.17) is 5.73 Å². The quantitative estimate of drug-likeness (QED) is 0.878. The maximum atomic E-state index is 5.70. The van der Waals surface area contributed by atoms with Crippen molar-refractivity contribution in [3.05, 3.63) is 71.8 Å². The van der Waals surface area contributed by atoms with Crippen molar-refractivity contribution in [3.63, 3.8) is 0 Å². The molecule has 0 bridgehead atoms. The van der Waals surface area contributed by atoms with Gasteiger partial charge in [-0.15, -0.1) is 12.4 Å². The minimum Gasteiger partial charge on any atom is -0.330 e. The summed E-state index contributed by atoms with van der Waals surface area (Å²) < 4.78 is 0. The second-order valence-corrected chi connectivity index (χ2v) is 3.95. The Morgan fingerprint density at radius 2 is 1.18 bits per heavy atom. The number of halogens is 1. The largest absolute Gasteiger partial charge is 0.330 e. The van der Waals surface area contributed by atoms with E-state index in [9.17, 15) is 0 Å². The summed E-state index contributed by atoms with van der Waals surface area (Å²) in [6, 6.07) is 21.1. The van der Waals surface area contributed by atoms with Gasteiger partial charge in [0.25, 0.3) is 0 Å². The van der Waals surface area contributed by atoms with Crippen LogP contribution in [0.5, 0.6) is 0 Å². The molecule has 0 atom stereocenters. The Bertz CT molecular complexity index is 374. The third kappa shape index (κ3) is 3.58. The summed E-state index contributed by atoms with van der Waals surface area (Å²) in [7, 11) is 0. The number of nitrogens with two attached hydrogens (primary N) is 1. The average molecular weight is 248 g/mol. The van der Waals surface area contributed by atoms with Crippen molar-refractivity contribution in [1.29, 1.82) is 0 Å². The molecule has 2 rings (SSSR count). The van der Waals surface area contributed by atoms with E-state index in [1.54, 1.807) is 0 Å². The molecule has 0 aliphatic carbocycles. The van der Waals surface area contributed by atoms with E-state index in [0.29, 0.717) is 12.5 Å². The zero-order valence-corrected chi connectivity index (χ0v) is 10.6. The van der Waals surface area contributed by atoms with E-state index in [-0.39, 0.29) is 12.4 Å². The van der Waals surface area contributed by atoms with Crippen LogP contribution in [0.1, 0.15) is 23.5 Å². The molecule has 1 nitrogen and oxygen atoms in total. The minimum absolute atomic E-state index is 0. The monoisotopic (exact) mass is 247 g/mol. The predicted octanol–water partition coefficient (Wildman–Crippen LogP) is 3.59. The van der Waals surface area contributed by atoms with E-state index in [0.717, 1.165) is 6.42 Å². The minimum atomic E-state index is 0. The highest BCUT2D eigenvalue weighted by Crippen LogP contribution is 2.26. The van der Waals surface area contributed by atoms with E-state index in [1.165, 1.54) is 11.1 Å². The fraction of sp³-hybridized carbons (Fsp3) is 0.200. The molecule has 2 heteroatoms. The van der Waals surface area contributed by atoms with Crippen LogP contribution in [-0.2, 0) is 0 Å². The lowest BCUT2D eigenvalue weighted by Crippen LogP contribution is -2.08. The molecule has 0 radical (unpaired) electrons. The Kier molecular flexibility index (Phi) is 5.75. The lowest BCUT2D eigenvalue weighted by Gasteiger charge is -2.16. The first kappa shape index (κ1) is 13.8. The molecule has 17 heavy (non-hydrogen) atoms. The third-order valence-corrected chi connectivity index (χ3v) is 2.86. The standard InChI is InChI=1S/C15H17N.ClH/c16-12-11-15(13-7-3-1-4-8-13)14-9-5-2-6-10-14;/h1-10,15H,11-12,16H2;1H. The van der Waals surface area contributed by atoms with Crippen molar-refractivity contribution < 1.29 is 0 Å². The predicted molar refractivity (Wildman–Crippen MR) is 75.6 cm³/mol. The normalized spacial score (nSPS) is 10.0. The Hall–Kier alpha value is -1.31. The van der Waals surface area contributed by atoms with Crippen LogP contribution in [0.15, 0.2) is 60.7 Å². The maximum absolute atomic E-state index is 5.70. The topological polar surface area (TPSA) is 26.0 Å². The van der Waals surface area contributed by atoms with Crippen LogP contribution in [0.2, 0.25) is 0 Å². The first-order chi connectivity index (χ1) is 7.92. The Labute approximate surface area is 109 Å². The van der Waals surface area contributed by atoms with Crippen molar-refractivity contribution in [1.82, 2.24) is 0 Å². The van der Waals surface area contributed by atoms with E-state index in [1.807, 2.05) is 12.1 Å². The van der Waals surface area contributed by atoms with Gasteiger partial charge in [0, 0.05) is 5.92 Å². The third-order valence-electron chi connectivity index (χ3n) is 2.86. The molecule has 0 spiro atoms. The van der Waals surface area contributed by atoms with Crippen LogP contribution in [0, 0.1) is 0 Å². The van der Waals surface area contributed by atoms with Gasteiger partial charge in [-0.25, -0.2) is 0 Å². The molecule has 0 fully saturated rings. The van der Waals surface area contributed by atoms with E-state index in [2.05, 4.69) is 48.5 Å². The maximum Gasteiger partial charge on any atom is 0.0101 e. The fourth-order valence-electron chi connectivity index (χ4n) is 2.06. The lowest BCUT2D eigenvalue weighted by atomic mass is 9.89. The van der Waals surface area contributed by atoms with Gasteiger partial charge in [-0.05, 0) is 24.1 Å². The summed E-state index contributed by atoms with van der Waals surface area (Å²) in [6.07, 6.45) is 0.994. The Morgan fingerprint density at radius 1 is 0.765 bits per heavy atom. The summed E-state index contributed by atoms with van der Waals surface area (Å²) >= 11 is 0. The fourth-order valence-corrected chi connectivity index (χ4v) is 2.06. The molecule has 2 aromatic carbocycles. The Balaban J connectivity index is 0.00000144. The van der Waals surface area contributed by atoms with Crippen LogP contribution in [0.3, 0.4) is 0 Å². The van der Waals surface area contributed by atoms with Crippen molar-refractivity contribution >= 4 is 12.4 Å². The number of hydrogen-bond acceptors (Lipinski definition) is 1. The number of hydrogen-bond donors (Lipinski definition) is 1. The summed E-state index contributed by atoms with van der Waals surface area (Å²) in [6.45, 7) is 0.717. The van der Waals surface area contributed by atoms with Gasteiger partial charge in [-0.1, -0.05) is 60.7 Å². The zero-order valence-electron chi connectivity index (χ0n) is 9.75. The van der Waals surface area contributed by atoms with Crippen LogP contribution in [0.4, 0.5) is 0 Å². The summed E-state index contributed by atoms with van der Waals surface area (Å²) in [4.78, 5) is 0. The summed E-state index contributed by atoms with van der Waals surface area (Å²) in [5, 5.41) is 0. The van der Waals surface area contributed by atoms with Crippen molar-refractivity contribution in [2.45, 2.75) is 12.3 Å². The molecule has 0 amide bonds. The van der Waals surface area contributed by atoms with Gasteiger partial charge < -0.3 is 5.73 Å². The molecule has 90 valence electrons. The highest BCUT2D eigenvalue weighted by Gasteiger charge is 2.11.